The average molecular weight is 213 g/mol. The molecule has 1 aromatic rings. The van der Waals surface area contributed by atoms with Gasteiger partial charge >= 0.3 is 5.97 Å². The van der Waals surface area contributed by atoms with E-state index in [1.807, 2.05) is 0 Å². The lowest BCUT2D eigenvalue weighted by Gasteiger charge is -2.25. The van der Waals surface area contributed by atoms with E-state index in [0.717, 1.165) is 31.5 Å². The highest BCUT2D eigenvalue weighted by Gasteiger charge is 2.25. The molecule has 1 heterocycles. The number of carbonyl (C=O) groups excluding carboxylic acids is 1. The molecule has 0 atom stereocenters. The van der Waals surface area contributed by atoms with Crippen molar-refractivity contribution in [3.8, 4) is 0 Å². The number of nitrogens with zero attached hydrogens (tertiary/aromatic N) is 1. The normalized spacial score (nSPS) is 15.9. The van der Waals surface area contributed by atoms with Gasteiger partial charge in [-0.05, 0) is 25.3 Å². The molecule has 2 rings (SSSR count). The molecule has 0 radical (unpaired) electrons. The van der Waals surface area contributed by atoms with Gasteiger partial charge in [0.15, 0.2) is 5.82 Å². The summed E-state index contributed by atoms with van der Waals surface area (Å²) in [5.41, 5.74) is -0.394. The Bertz CT molecular complexity index is 391. The lowest BCUT2D eigenvalue weighted by molar-refractivity contribution is 0.00840. The molecule has 0 N–H and O–H groups in total. The Morgan fingerprint density at radius 2 is 2.20 bits per heavy atom. The lowest BCUT2D eigenvalue weighted by Crippen LogP contribution is -2.25. The van der Waals surface area contributed by atoms with Crippen molar-refractivity contribution in [3.63, 3.8) is 0 Å². The van der Waals surface area contributed by atoms with Crippen LogP contribution in [0.1, 0.15) is 29.6 Å². The molecule has 0 aliphatic heterocycles. The number of carbonyl (C=O) groups is 1. The Morgan fingerprint density at radius 1 is 1.47 bits per heavy atom. The van der Waals surface area contributed by atoms with Crippen LogP contribution in [0, 0.1) is 11.8 Å². The Hall–Kier alpha value is -1.52. The molecule has 1 aromatic heterocycles. The molecule has 15 heavy (non-hydrogen) atoms. The number of pyridine rings is 1. The molecule has 1 aliphatic carbocycles. The van der Waals surface area contributed by atoms with Gasteiger partial charge in [-0.15, -0.1) is 0 Å². The molecular formula is C10H9F2NO2. The van der Waals surface area contributed by atoms with Crippen LogP contribution in [0.3, 0.4) is 0 Å². The Labute approximate surface area is 85.1 Å². The number of aromatic nitrogens is 1. The van der Waals surface area contributed by atoms with Crippen molar-refractivity contribution in [1.82, 2.24) is 4.98 Å². The van der Waals surface area contributed by atoms with E-state index in [0.29, 0.717) is 0 Å². The van der Waals surface area contributed by atoms with Gasteiger partial charge in [-0.2, -0.15) is 4.39 Å². The van der Waals surface area contributed by atoms with Crippen LogP contribution in [0.15, 0.2) is 12.3 Å². The first-order valence-corrected chi connectivity index (χ1v) is 4.69. The van der Waals surface area contributed by atoms with Crippen LogP contribution < -0.4 is 0 Å². The Morgan fingerprint density at radius 3 is 2.80 bits per heavy atom. The highest BCUT2D eigenvalue weighted by Crippen LogP contribution is 2.23. The van der Waals surface area contributed by atoms with E-state index in [-0.39, 0.29) is 6.10 Å². The predicted molar refractivity (Wildman–Crippen MR) is 47.2 cm³/mol. The SMILES string of the molecule is O=C(OC1CCC1)c1ccnc(F)c1F. The summed E-state index contributed by atoms with van der Waals surface area (Å²) in [4.78, 5) is 14.4. The molecule has 1 saturated carbocycles. The summed E-state index contributed by atoms with van der Waals surface area (Å²) in [6.07, 6.45) is 3.48. The zero-order valence-corrected chi connectivity index (χ0v) is 7.87. The first kappa shape index (κ1) is 10.0. The van der Waals surface area contributed by atoms with Crippen molar-refractivity contribution in [2.24, 2.45) is 0 Å². The molecule has 1 aliphatic rings. The molecule has 5 heteroatoms. The van der Waals surface area contributed by atoms with Crippen LogP contribution >= 0.6 is 0 Å². The first-order valence-electron chi connectivity index (χ1n) is 4.69. The third kappa shape index (κ3) is 1.95. The maximum atomic E-state index is 13.1. The fourth-order valence-corrected chi connectivity index (χ4v) is 1.28. The Balaban J connectivity index is 2.13. The second kappa shape index (κ2) is 3.92. The maximum Gasteiger partial charge on any atom is 0.341 e. The van der Waals surface area contributed by atoms with Gasteiger partial charge in [-0.25, -0.2) is 14.2 Å². The summed E-state index contributed by atoms with van der Waals surface area (Å²) >= 11 is 0. The molecule has 0 aromatic carbocycles. The molecule has 3 nitrogen and oxygen atoms in total. The van der Waals surface area contributed by atoms with E-state index in [1.165, 1.54) is 0 Å². The third-order valence-electron chi connectivity index (χ3n) is 2.39. The molecule has 0 amide bonds. The molecule has 80 valence electrons. The standard InChI is InChI=1S/C10H9F2NO2/c11-8-7(4-5-13-9(8)12)10(14)15-6-2-1-3-6/h4-6H,1-3H2. The summed E-state index contributed by atoms with van der Waals surface area (Å²) in [6, 6.07) is 1.11. The Kier molecular flexibility index (Phi) is 2.62. The van der Waals surface area contributed by atoms with E-state index in [1.54, 1.807) is 0 Å². The summed E-state index contributed by atoms with van der Waals surface area (Å²) < 4.78 is 30.7. The fraction of sp³-hybridized carbons (Fsp3) is 0.400. The van der Waals surface area contributed by atoms with Gasteiger partial charge in [-0.3, -0.25) is 0 Å². The largest absolute Gasteiger partial charge is 0.459 e. The van der Waals surface area contributed by atoms with Crippen LogP contribution in [-0.2, 0) is 4.74 Å². The smallest absolute Gasteiger partial charge is 0.341 e. The number of hydrogen-bond donors (Lipinski definition) is 0. The minimum Gasteiger partial charge on any atom is -0.459 e. The van der Waals surface area contributed by atoms with Crippen LogP contribution in [0.2, 0.25) is 0 Å². The van der Waals surface area contributed by atoms with E-state index in [9.17, 15) is 13.6 Å². The highest BCUT2D eigenvalue weighted by atomic mass is 19.2. The van der Waals surface area contributed by atoms with Crippen molar-refractivity contribution in [2.45, 2.75) is 25.4 Å². The van der Waals surface area contributed by atoms with Crippen molar-refractivity contribution < 1.29 is 18.3 Å². The van der Waals surface area contributed by atoms with Gasteiger partial charge in [-0.1, -0.05) is 0 Å². The second-order valence-electron chi connectivity index (χ2n) is 3.42. The third-order valence-corrected chi connectivity index (χ3v) is 2.39. The molecule has 0 unspecified atom stereocenters. The van der Waals surface area contributed by atoms with E-state index in [4.69, 9.17) is 4.74 Å². The summed E-state index contributed by atoms with van der Waals surface area (Å²) in [5, 5.41) is 0. The van der Waals surface area contributed by atoms with E-state index < -0.39 is 23.3 Å². The number of ether oxygens (including phenoxy) is 1. The molecule has 0 bridgehead atoms. The molecule has 0 spiro atoms. The van der Waals surface area contributed by atoms with Crippen molar-refractivity contribution in [2.75, 3.05) is 0 Å². The van der Waals surface area contributed by atoms with Gasteiger partial charge in [0.2, 0.25) is 5.95 Å². The summed E-state index contributed by atoms with van der Waals surface area (Å²) in [7, 11) is 0. The lowest BCUT2D eigenvalue weighted by atomic mass is 9.96. The zero-order chi connectivity index (χ0) is 10.8. The topological polar surface area (TPSA) is 39.2 Å². The van der Waals surface area contributed by atoms with Gasteiger partial charge < -0.3 is 4.74 Å². The summed E-state index contributed by atoms with van der Waals surface area (Å²) in [5.74, 6) is -3.35. The van der Waals surface area contributed by atoms with Gasteiger partial charge in [0.25, 0.3) is 0 Å². The van der Waals surface area contributed by atoms with Crippen LogP contribution in [-0.4, -0.2) is 17.1 Å². The first-order chi connectivity index (χ1) is 7.18. The number of rotatable bonds is 2. The van der Waals surface area contributed by atoms with Gasteiger partial charge in [0, 0.05) is 6.20 Å². The van der Waals surface area contributed by atoms with E-state index >= 15 is 0 Å². The van der Waals surface area contributed by atoms with Gasteiger partial charge in [0.05, 0.1) is 0 Å². The molecule has 0 saturated heterocycles. The molecular weight excluding hydrogens is 204 g/mol. The quantitative estimate of drug-likeness (QED) is 0.557. The van der Waals surface area contributed by atoms with E-state index in [2.05, 4.69) is 4.98 Å². The summed E-state index contributed by atoms with van der Waals surface area (Å²) in [6.45, 7) is 0. The fourth-order valence-electron chi connectivity index (χ4n) is 1.28. The molecule has 1 fully saturated rings. The number of esters is 1. The minimum absolute atomic E-state index is 0.145. The number of hydrogen-bond acceptors (Lipinski definition) is 3. The maximum absolute atomic E-state index is 13.1. The number of halogens is 2. The average Bonchev–Trinajstić information content (AvgIpc) is 2.15. The predicted octanol–water partition coefficient (Wildman–Crippen LogP) is 2.07. The van der Waals surface area contributed by atoms with Crippen LogP contribution in [0.25, 0.3) is 0 Å². The van der Waals surface area contributed by atoms with Gasteiger partial charge in [0.1, 0.15) is 11.7 Å². The monoisotopic (exact) mass is 213 g/mol. The zero-order valence-electron chi connectivity index (χ0n) is 7.87. The van der Waals surface area contributed by atoms with Crippen molar-refractivity contribution >= 4 is 5.97 Å². The van der Waals surface area contributed by atoms with Crippen molar-refractivity contribution in [1.29, 1.82) is 0 Å². The van der Waals surface area contributed by atoms with Crippen LogP contribution in [0.5, 0.6) is 0 Å². The van der Waals surface area contributed by atoms with Crippen LogP contribution in [0.4, 0.5) is 8.78 Å². The highest BCUT2D eigenvalue weighted by molar-refractivity contribution is 5.89. The van der Waals surface area contributed by atoms with Crippen molar-refractivity contribution in [3.05, 3.63) is 29.6 Å². The minimum atomic E-state index is -1.28. The second-order valence-corrected chi connectivity index (χ2v) is 3.42.